The maximum absolute atomic E-state index is 12.1. The summed E-state index contributed by atoms with van der Waals surface area (Å²) in [5.41, 5.74) is 0.485. The van der Waals surface area contributed by atoms with Crippen LogP contribution in [0.25, 0.3) is 10.9 Å². The number of hydrogen-bond acceptors (Lipinski definition) is 3. The summed E-state index contributed by atoms with van der Waals surface area (Å²) >= 11 is 5.52. The van der Waals surface area contributed by atoms with Crippen LogP contribution in [0.1, 0.15) is 6.42 Å². The van der Waals surface area contributed by atoms with E-state index in [1.165, 1.54) is 0 Å². The van der Waals surface area contributed by atoms with Gasteiger partial charge in [-0.3, -0.25) is 4.98 Å². The van der Waals surface area contributed by atoms with Crippen molar-refractivity contribution in [2.75, 3.05) is 12.4 Å². The van der Waals surface area contributed by atoms with Gasteiger partial charge in [-0.1, -0.05) is 18.2 Å². The van der Waals surface area contributed by atoms with E-state index in [1.54, 1.807) is 24.4 Å². The van der Waals surface area contributed by atoms with E-state index < -0.39 is 10.0 Å². The number of halogens is 1. The summed E-state index contributed by atoms with van der Waals surface area (Å²) in [7, 11) is -3.53. The van der Waals surface area contributed by atoms with Crippen LogP contribution in [0.5, 0.6) is 0 Å². The summed E-state index contributed by atoms with van der Waals surface area (Å²) in [5.74, 6) is 0.427. The van der Waals surface area contributed by atoms with Crippen LogP contribution in [0.15, 0.2) is 41.4 Å². The molecule has 0 saturated carbocycles. The molecular weight excluding hydrogens is 272 g/mol. The monoisotopic (exact) mass is 284 g/mol. The zero-order chi connectivity index (χ0) is 13.0. The molecule has 0 radical (unpaired) electrons. The number of rotatable bonds is 5. The van der Waals surface area contributed by atoms with Gasteiger partial charge in [0.2, 0.25) is 10.0 Å². The van der Waals surface area contributed by atoms with Gasteiger partial charge >= 0.3 is 0 Å². The Morgan fingerprint density at radius 2 is 2.00 bits per heavy atom. The van der Waals surface area contributed by atoms with Gasteiger partial charge in [0.25, 0.3) is 0 Å². The quantitative estimate of drug-likeness (QED) is 0.676. The lowest BCUT2D eigenvalue weighted by Crippen LogP contribution is -2.25. The highest BCUT2D eigenvalue weighted by atomic mass is 35.5. The molecule has 0 fully saturated rings. The maximum Gasteiger partial charge on any atom is 0.242 e. The lowest BCUT2D eigenvalue weighted by atomic mass is 10.2. The van der Waals surface area contributed by atoms with Gasteiger partial charge in [-0.05, 0) is 18.6 Å². The van der Waals surface area contributed by atoms with Crippen LogP contribution >= 0.6 is 11.6 Å². The Morgan fingerprint density at radius 1 is 1.22 bits per heavy atom. The van der Waals surface area contributed by atoms with Crippen molar-refractivity contribution in [1.29, 1.82) is 0 Å². The third kappa shape index (κ3) is 2.80. The van der Waals surface area contributed by atoms with E-state index in [9.17, 15) is 8.42 Å². The smallest absolute Gasteiger partial charge is 0.242 e. The van der Waals surface area contributed by atoms with E-state index in [-0.39, 0.29) is 4.90 Å². The number of para-hydroxylation sites is 1. The topological polar surface area (TPSA) is 59.1 Å². The molecule has 0 amide bonds. The standard InChI is InChI=1S/C12H13ClN2O2S/c13-7-3-9-15-18(16,17)11-6-1-4-10-5-2-8-14-12(10)11/h1-2,4-6,8,15H,3,7,9H2. The minimum absolute atomic E-state index is 0.204. The number of hydrogen-bond donors (Lipinski definition) is 1. The first-order chi connectivity index (χ1) is 8.65. The van der Waals surface area contributed by atoms with Crippen LogP contribution in [-0.2, 0) is 10.0 Å². The molecule has 4 nitrogen and oxygen atoms in total. The number of pyridine rings is 1. The van der Waals surface area contributed by atoms with E-state index in [0.29, 0.717) is 24.4 Å². The molecule has 0 unspecified atom stereocenters. The van der Waals surface area contributed by atoms with Crippen molar-refractivity contribution in [3.05, 3.63) is 36.5 Å². The highest BCUT2D eigenvalue weighted by Gasteiger charge is 2.16. The average Bonchev–Trinajstić information content (AvgIpc) is 2.38. The molecule has 2 rings (SSSR count). The van der Waals surface area contributed by atoms with Crippen LogP contribution < -0.4 is 4.72 Å². The molecule has 1 aromatic carbocycles. The lowest BCUT2D eigenvalue weighted by Gasteiger charge is -2.08. The van der Waals surface area contributed by atoms with Crippen molar-refractivity contribution in [2.24, 2.45) is 0 Å². The normalized spacial score (nSPS) is 11.8. The molecule has 0 bridgehead atoms. The maximum atomic E-state index is 12.1. The molecule has 0 aliphatic rings. The largest absolute Gasteiger partial charge is 0.255 e. The van der Waals surface area contributed by atoms with Crippen LogP contribution in [0.4, 0.5) is 0 Å². The average molecular weight is 285 g/mol. The second-order valence-electron chi connectivity index (χ2n) is 3.77. The highest BCUT2D eigenvalue weighted by Crippen LogP contribution is 2.20. The zero-order valence-corrected chi connectivity index (χ0v) is 11.2. The SMILES string of the molecule is O=S(=O)(NCCCCl)c1cccc2cccnc12. The molecular formula is C12H13ClN2O2S. The van der Waals surface area contributed by atoms with Gasteiger partial charge in [0, 0.05) is 24.0 Å². The molecule has 1 N–H and O–H groups in total. The molecule has 18 heavy (non-hydrogen) atoms. The van der Waals surface area contributed by atoms with Crippen LogP contribution in [0.2, 0.25) is 0 Å². The van der Waals surface area contributed by atoms with E-state index in [2.05, 4.69) is 9.71 Å². The molecule has 1 heterocycles. The molecule has 1 aromatic heterocycles. The van der Waals surface area contributed by atoms with Crippen LogP contribution in [-0.4, -0.2) is 25.8 Å². The van der Waals surface area contributed by atoms with Crippen molar-refractivity contribution in [2.45, 2.75) is 11.3 Å². The summed E-state index contributed by atoms with van der Waals surface area (Å²) in [4.78, 5) is 4.33. The Kier molecular flexibility index (Phi) is 4.16. The first-order valence-corrected chi connectivity index (χ1v) is 7.56. The minimum Gasteiger partial charge on any atom is -0.255 e. The van der Waals surface area contributed by atoms with Gasteiger partial charge in [0.05, 0.1) is 5.52 Å². The number of alkyl halides is 1. The van der Waals surface area contributed by atoms with Gasteiger partial charge in [-0.25, -0.2) is 13.1 Å². The lowest BCUT2D eigenvalue weighted by molar-refractivity contribution is 0.581. The van der Waals surface area contributed by atoms with Crippen molar-refractivity contribution in [3.8, 4) is 0 Å². The molecule has 0 aliphatic heterocycles. The highest BCUT2D eigenvalue weighted by molar-refractivity contribution is 7.89. The summed E-state index contributed by atoms with van der Waals surface area (Å²) in [6.07, 6.45) is 2.18. The summed E-state index contributed by atoms with van der Waals surface area (Å²) in [6.45, 7) is 0.328. The molecule has 0 aliphatic carbocycles. The first-order valence-electron chi connectivity index (χ1n) is 5.54. The fourth-order valence-electron chi connectivity index (χ4n) is 1.64. The number of aromatic nitrogens is 1. The summed E-state index contributed by atoms with van der Waals surface area (Å²) in [5, 5.41) is 0.803. The molecule has 2 aromatic rings. The molecule has 96 valence electrons. The number of nitrogens with zero attached hydrogens (tertiary/aromatic N) is 1. The number of nitrogens with one attached hydrogen (secondary N) is 1. The second kappa shape index (κ2) is 5.65. The zero-order valence-electron chi connectivity index (χ0n) is 9.64. The Balaban J connectivity index is 2.41. The van der Waals surface area contributed by atoms with E-state index in [4.69, 9.17) is 11.6 Å². The van der Waals surface area contributed by atoms with Crippen molar-refractivity contribution >= 4 is 32.5 Å². The van der Waals surface area contributed by atoms with Crippen molar-refractivity contribution in [3.63, 3.8) is 0 Å². The van der Waals surface area contributed by atoms with Gasteiger partial charge in [0.1, 0.15) is 4.90 Å². The van der Waals surface area contributed by atoms with Crippen LogP contribution in [0, 0.1) is 0 Å². The number of sulfonamides is 1. The third-order valence-corrected chi connectivity index (χ3v) is 4.25. The fraction of sp³-hybridized carbons (Fsp3) is 0.250. The molecule has 6 heteroatoms. The van der Waals surface area contributed by atoms with Gasteiger partial charge < -0.3 is 0 Å². The first kappa shape index (κ1) is 13.3. The Hall–Kier alpha value is -1.17. The predicted molar refractivity (Wildman–Crippen MR) is 72.3 cm³/mol. The van der Waals surface area contributed by atoms with E-state index in [0.717, 1.165) is 5.39 Å². The Labute approximate surface area is 111 Å². The number of benzene rings is 1. The Bertz CT molecular complexity index is 638. The molecule has 0 spiro atoms. The summed E-state index contributed by atoms with van der Waals surface area (Å²) < 4.78 is 26.8. The van der Waals surface area contributed by atoms with Crippen molar-refractivity contribution in [1.82, 2.24) is 9.71 Å². The van der Waals surface area contributed by atoms with Gasteiger partial charge in [0.15, 0.2) is 0 Å². The summed E-state index contributed by atoms with van der Waals surface area (Å²) in [6, 6.07) is 8.71. The minimum atomic E-state index is -3.53. The fourth-order valence-corrected chi connectivity index (χ4v) is 3.03. The predicted octanol–water partition coefficient (Wildman–Crippen LogP) is 2.14. The number of fused-ring (bicyclic) bond motifs is 1. The van der Waals surface area contributed by atoms with Crippen molar-refractivity contribution < 1.29 is 8.42 Å². The van der Waals surface area contributed by atoms with E-state index >= 15 is 0 Å². The molecule has 0 saturated heterocycles. The molecule has 0 atom stereocenters. The van der Waals surface area contributed by atoms with Gasteiger partial charge in [-0.2, -0.15) is 0 Å². The third-order valence-electron chi connectivity index (χ3n) is 2.49. The van der Waals surface area contributed by atoms with E-state index in [1.807, 2.05) is 12.1 Å². The van der Waals surface area contributed by atoms with Crippen LogP contribution in [0.3, 0.4) is 0 Å². The van der Waals surface area contributed by atoms with Gasteiger partial charge in [-0.15, -0.1) is 11.6 Å². The Morgan fingerprint density at radius 3 is 2.78 bits per heavy atom. The second-order valence-corrected chi connectivity index (χ2v) is 5.88.